The van der Waals surface area contributed by atoms with Gasteiger partial charge < -0.3 is 15.3 Å². The Bertz CT molecular complexity index is 473. The van der Waals surface area contributed by atoms with Crippen LogP contribution in [0.2, 0.25) is 0 Å². The maximum atomic E-state index is 11.0. The molecule has 1 rings (SSSR count). The monoisotopic (exact) mass is 283 g/mol. The molecule has 0 aliphatic carbocycles. The summed E-state index contributed by atoms with van der Waals surface area (Å²) in [5.41, 5.74) is -1.16. The van der Waals surface area contributed by atoms with Crippen LogP contribution in [0.4, 0.5) is 17.5 Å². The van der Waals surface area contributed by atoms with Crippen molar-refractivity contribution in [3.63, 3.8) is 0 Å². The Morgan fingerprint density at radius 2 is 2.20 bits per heavy atom. The van der Waals surface area contributed by atoms with Gasteiger partial charge in [0.25, 0.3) is 0 Å². The molecule has 112 valence electrons. The molecule has 0 aliphatic rings. The number of hydrogen-bond acceptors (Lipinski definition) is 7. The smallest absolute Gasteiger partial charge is 0.329 e. The van der Waals surface area contributed by atoms with Gasteiger partial charge in [0.2, 0.25) is 11.8 Å². The van der Waals surface area contributed by atoms with E-state index < -0.39 is 10.5 Å². The molecular formula is C12H21N5O3. The Morgan fingerprint density at radius 3 is 2.70 bits per heavy atom. The van der Waals surface area contributed by atoms with E-state index in [2.05, 4.69) is 15.3 Å². The first-order valence-corrected chi connectivity index (χ1v) is 6.43. The van der Waals surface area contributed by atoms with E-state index in [-0.39, 0.29) is 18.1 Å². The minimum atomic E-state index is -0.982. The molecule has 0 saturated heterocycles. The van der Waals surface area contributed by atoms with Crippen molar-refractivity contribution in [1.82, 2.24) is 9.97 Å². The van der Waals surface area contributed by atoms with Crippen LogP contribution in [0.3, 0.4) is 0 Å². The van der Waals surface area contributed by atoms with Gasteiger partial charge in [0.1, 0.15) is 6.20 Å². The normalized spacial score (nSPS) is 11.2. The highest BCUT2D eigenvalue weighted by atomic mass is 16.6. The average Bonchev–Trinajstić information content (AvgIpc) is 2.33. The lowest BCUT2D eigenvalue weighted by atomic mass is 10.1. The topological polar surface area (TPSA) is 104 Å². The quantitative estimate of drug-likeness (QED) is 0.576. The van der Waals surface area contributed by atoms with Gasteiger partial charge in [-0.2, -0.15) is 4.98 Å². The van der Waals surface area contributed by atoms with Crippen LogP contribution in [-0.4, -0.2) is 45.7 Å². The van der Waals surface area contributed by atoms with E-state index in [1.54, 1.807) is 25.8 Å². The van der Waals surface area contributed by atoms with Crippen LogP contribution in [0, 0.1) is 10.1 Å². The molecular weight excluding hydrogens is 262 g/mol. The summed E-state index contributed by atoms with van der Waals surface area (Å²) < 4.78 is 0. The summed E-state index contributed by atoms with van der Waals surface area (Å²) >= 11 is 0. The average molecular weight is 283 g/mol. The third-order valence-corrected chi connectivity index (χ3v) is 2.47. The lowest BCUT2D eigenvalue weighted by molar-refractivity contribution is -0.384. The fraction of sp³-hybridized carbons (Fsp3) is 0.667. The summed E-state index contributed by atoms with van der Waals surface area (Å²) in [7, 11) is 1.65. The summed E-state index contributed by atoms with van der Waals surface area (Å²) in [4.78, 5) is 20.1. The van der Waals surface area contributed by atoms with E-state index in [0.717, 1.165) is 6.42 Å². The Morgan fingerprint density at radius 1 is 1.55 bits per heavy atom. The Balaban J connectivity index is 3.08. The number of nitro groups is 1. The van der Waals surface area contributed by atoms with Gasteiger partial charge in [-0.15, -0.1) is 0 Å². The second kappa shape index (κ2) is 6.47. The van der Waals surface area contributed by atoms with Crippen molar-refractivity contribution in [1.29, 1.82) is 0 Å². The molecule has 0 atom stereocenters. The molecule has 1 aromatic rings. The predicted molar refractivity (Wildman–Crippen MR) is 77.0 cm³/mol. The molecule has 0 fully saturated rings. The number of aromatic nitrogens is 2. The van der Waals surface area contributed by atoms with Crippen molar-refractivity contribution in [2.75, 3.05) is 30.4 Å². The number of nitrogens with zero attached hydrogens (tertiary/aromatic N) is 4. The van der Waals surface area contributed by atoms with Gasteiger partial charge in [-0.25, -0.2) is 4.98 Å². The second-order valence-electron chi connectivity index (χ2n) is 5.25. The van der Waals surface area contributed by atoms with E-state index in [1.807, 2.05) is 6.92 Å². The van der Waals surface area contributed by atoms with E-state index in [4.69, 9.17) is 0 Å². The highest BCUT2D eigenvalue weighted by molar-refractivity contribution is 5.58. The molecule has 8 heteroatoms. The van der Waals surface area contributed by atoms with Gasteiger partial charge >= 0.3 is 5.69 Å². The van der Waals surface area contributed by atoms with Gasteiger partial charge in [-0.05, 0) is 20.3 Å². The molecule has 0 unspecified atom stereocenters. The summed E-state index contributed by atoms with van der Waals surface area (Å²) in [5, 5.41) is 23.8. The highest BCUT2D eigenvalue weighted by Crippen LogP contribution is 2.26. The molecule has 2 N–H and O–H groups in total. The first-order valence-electron chi connectivity index (χ1n) is 6.43. The minimum Gasteiger partial charge on any atom is -0.389 e. The highest BCUT2D eigenvalue weighted by Gasteiger charge is 2.24. The van der Waals surface area contributed by atoms with Crippen molar-refractivity contribution in [2.24, 2.45) is 0 Å². The number of rotatable bonds is 7. The largest absolute Gasteiger partial charge is 0.389 e. The summed E-state index contributed by atoms with van der Waals surface area (Å²) in [5.74, 6) is 0.528. The molecule has 0 aliphatic heterocycles. The third-order valence-electron chi connectivity index (χ3n) is 2.47. The van der Waals surface area contributed by atoms with Gasteiger partial charge in [0.05, 0.1) is 10.5 Å². The molecule has 0 radical (unpaired) electrons. The van der Waals surface area contributed by atoms with Crippen molar-refractivity contribution in [3.8, 4) is 0 Å². The zero-order chi connectivity index (χ0) is 15.3. The SMILES string of the molecule is CCCNc1ncc([N+](=O)[O-])c(N(C)CC(C)(C)O)n1. The van der Waals surface area contributed by atoms with E-state index in [1.165, 1.54) is 6.20 Å². The number of nitrogens with one attached hydrogen (secondary N) is 1. The predicted octanol–water partition coefficient (Wildman–Crippen LogP) is 1.41. The molecule has 0 spiro atoms. The van der Waals surface area contributed by atoms with Crippen LogP contribution in [0.25, 0.3) is 0 Å². The van der Waals surface area contributed by atoms with E-state index in [0.29, 0.717) is 12.5 Å². The maximum Gasteiger partial charge on any atom is 0.329 e. The molecule has 1 aromatic heterocycles. The van der Waals surface area contributed by atoms with Crippen molar-refractivity contribution in [2.45, 2.75) is 32.8 Å². The first-order chi connectivity index (χ1) is 9.24. The van der Waals surface area contributed by atoms with Crippen molar-refractivity contribution >= 4 is 17.5 Å². The summed E-state index contributed by atoms with van der Waals surface area (Å²) in [6.07, 6.45) is 2.08. The standard InChI is InChI=1S/C12H21N5O3/c1-5-6-13-11-14-7-9(17(19)20)10(15-11)16(4)8-12(2,3)18/h7,18H,5-6,8H2,1-4H3,(H,13,14,15). The van der Waals surface area contributed by atoms with Gasteiger partial charge in [0, 0.05) is 20.1 Å². The van der Waals surface area contributed by atoms with Crippen LogP contribution in [0.5, 0.6) is 0 Å². The fourth-order valence-corrected chi connectivity index (χ4v) is 1.75. The van der Waals surface area contributed by atoms with E-state index in [9.17, 15) is 15.2 Å². The molecule has 0 aromatic carbocycles. The third kappa shape index (κ3) is 4.61. The molecule has 0 bridgehead atoms. The van der Waals surface area contributed by atoms with Gasteiger partial charge in [0.15, 0.2) is 0 Å². The Labute approximate surface area is 118 Å². The van der Waals surface area contributed by atoms with Crippen molar-refractivity contribution < 1.29 is 10.0 Å². The Kier molecular flexibility index (Phi) is 5.20. The van der Waals surface area contributed by atoms with Crippen molar-refractivity contribution in [3.05, 3.63) is 16.3 Å². The number of anilines is 2. The number of likely N-dealkylation sites (N-methyl/N-ethyl adjacent to an activating group) is 1. The number of aliphatic hydroxyl groups is 1. The first kappa shape index (κ1) is 16.1. The molecule has 20 heavy (non-hydrogen) atoms. The van der Waals surface area contributed by atoms with Crippen LogP contribution in [0.15, 0.2) is 6.20 Å². The zero-order valence-electron chi connectivity index (χ0n) is 12.3. The van der Waals surface area contributed by atoms with Crippen LogP contribution in [0.1, 0.15) is 27.2 Å². The van der Waals surface area contributed by atoms with Crippen LogP contribution >= 0.6 is 0 Å². The number of hydrogen-bond donors (Lipinski definition) is 2. The minimum absolute atomic E-state index is 0.182. The second-order valence-corrected chi connectivity index (χ2v) is 5.25. The molecule has 1 heterocycles. The molecule has 0 saturated carbocycles. The van der Waals surface area contributed by atoms with Crippen LogP contribution < -0.4 is 10.2 Å². The lowest BCUT2D eigenvalue weighted by Crippen LogP contribution is -2.37. The summed E-state index contributed by atoms with van der Waals surface area (Å²) in [6.45, 7) is 6.17. The van der Waals surface area contributed by atoms with Crippen LogP contribution in [-0.2, 0) is 0 Å². The molecule has 0 amide bonds. The van der Waals surface area contributed by atoms with Gasteiger partial charge in [-0.3, -0.25) is 10.1 Å². The zero-order valence-corrected chi connectivity index (χ0v) is 12.3. The van der Waals surface area contributed by atoms with Gasteiger partial charge in [-0.1, -0.05) is 6.92 Å². The molecule has 8 nitrogen and oxygen atoms in total. The maximum absolute atomic E-state index is 11.0. The fourth-order valence-electron chi connectivity index (χ4n) is 1.75. The summed E-state index contributed by atoms with van der Waals surface area (Å²) in [6, 6.07) is 0. The Hall–Kier alpha value is -1.96. The lowest BCUT2D eigenvalue weighted by Gasteiger charge is -2.26. The van der Waals surface area contributed by atoms with E-state index >= 15 is 0 Å².